The number of nitrogens with two attached hydrogens (primary N) is 1. The molecule has 1 aromatic carbocycles. The highest BCUT2D eigenvalue weighted by Crippen LogP contribution is 2.36. The van der Waals surface area contributed by atoms with E-state index >= 15 is 0 Å². The summed E-state index contributed by atoms with van der Waals surface area (Å²) < 4.78 is 22.0. The average Bonchev–Trinajstić information content (AvgIpc) is 3.33. The van der Waals surface area contributed by atoms with Crippen LogP contribution in [0, 0.1) is 12.7 Å². The number of hydrogen-bond donors (Lipinski definition) is 2. The Kier molecular flexibility index (Phi) is 6.54. The molecule has 1 atom stereocenters. The van der Waals surface area contributed by atoms with E-state index in [4.69, 9.17) is 22.1 Å². The second-order valence-electron chi connectivity index (χ2n) is 9.01. The molecule has 34 heavy (non-hydrogen) atoms. The number of nitrogens with zero attached hydrogens (tertiary/aromatic N) is 4. The quantitative estimate of drug-likeness (QED) is 0.370. The fourth-order valence-corrected chi connectivity index (χ4v) is 5.02. The highest BCUT2D eigenvalue weighted by Gasteiger charge is 2.36. The monoisotopic (exact) mass is 503 g/mol. The zero-order valence-corrected chi connectivity index (χ0v) is 21.2. The van der Waals surface area contributed by atoms with Crippen LogP contribution in [0.4, 0.5) is 10.3 Å². The van der Waals surface area contributed by atoms with E-state index in [0.717, 1.165) is 22.9 Å². The summed E-state index contributed by atoms with van der Waals surface area (Å²) in [6.45, 7) is 9.73. The predicted molar refractivity (Wildman–Crippen MR) is 134 cm³/mol. The van der Waals surface area contributed by atoms with Crippen molar-refractivity contribution in [1.82, 2.24) is 19.5 Å². The number of anilines is 1. The maximum Gasteiger partial charge on any atom is 0.220 e. The number of ether oxygens (including phenoxy) is 1. The van der Waals surface area contributed by atoms with Gasteiger partial charge in [-0.05, 0) is 58.2 Å². The molecule has 0 saturated heterocycles. The molecule has 5 rings (SSSR count). The number of hydrogen-bond acceptors (Lipinski definition) is 7. The topological polar surface area (TPSA) is 99.1 Å². The van der Waals surface area contributed by atoms with Crippen molar-refractivity contribution in [3.05, 3.63) is 51.3 Å². The van der Waals surface area contributed by atoms with Crippen LogP contribution in [0.2, 0.25) is 5.02 Å². The third-order valence-corrected chi connectivity index (χ3v) is 6.94. The molecule has 3 aromatic heterocycles. The van der Waals surface area contributed by atoms with Crippen molar-refractivity contribution < 1.29 is 14.2 Å². The summed E-state index contributed by atoms with van der Waals surface area (Å²) in [5.41, 5.74) is 7.17. The van der Waals surface area contributed by atoms with E-state index in [1.54, 1.807) is 11.3 Å². The fraction of sp³-hybridized carbons (Fsp3) is 0.375. The number of aromatic nitrogens is 4. The van der Waals surface area contributed by atoms with Gasteiger partial charge in [-0.25, -0.2) is 19.3 Å². The summed E-state index contributed by atoms with van der Waals surface area (Å²) >= 11 is 7.76. The van der Waals surface area contributed by atoms with Crippen molar-refractivity contribution in [3.63, 3.8) is 0 Å². The van der Waals surface area contributed by atoms with Crippen molar-refractivity contribution >= 4 is 39.9 Å². The first kappa shape index (κ1) is 24.4. The molecule has 1 aliphatic rings. The van der Waals surface area contributed by atoms with Crippen LogP contribution < -0.4 is 10.5 Å². The Labute approximate surface area is 206 Å². The third-order valence-electron chi connectivity index (χ3n) is 5.74. The SMILES string of the molecule is CC1(C)Oc2ccsc2CC1O.Cc1nc2c(F)cc(-c3nc(N)ncc3Cl)cc2n1C(C)C. The molecule has 180 valence electrons. The Hall–Kier alpha value is -2.75. The highest BCUT2D eigenvalue weighted by atomic mass is 35.5. The summed E-state index contributed by atoms with van der Waals surface area (Å²) in [6.07, 6.45) is 1.75. The van der Waals surface area contributed by atoms with Gasteiger partial charge in [0.15, 0.2) is 5.82 Å². The van der Waals surface area contributed by atoms with Crippen LogP contribution in [-0.2, 0) is 6.42 Å². The number of fused-ring (bicyclic) bond motifs is 2. The van der Waals surface area contributed by atoms with E-state index in [1.165, 1.54) is 12.3 Å². The molecule has 7 nitrogen and oxygen atoms in total. The van der Waals surface area contributed by atoms with Crippen LogP contribution in [0.5, 0.6) is 5.75 Å². The van der Waals surface area contributed by atoms with Gasteiger partial charge in [-0.3, -0.25) is 0 Å². The number of aliphatic hydroxyl groups is 1. The van der Waals surface area contributed by atoms with Gasteiger partial charge in [0.25, 0.3) is 0 Å². The molecule has 4 heterocycles. The molecule has 0 bridgehead atoms. The van der Waals surface area contributed by atoms with Gasteiger partial charge in [0.2, 0.25) is 5.95 Å². The Balaban J connectivity index is 0.000000192. The number of benzene rings is 1. The lowest BCUT2D eigenvalue weighted by Gasteiger charge is -2.35. The summed E-state index contributed by atoms with van der Waals surface area (Å²) in [5, 5.41) is 12.0. The number of rotatable bonds is 2. The molecule has 0 radical (unpaired) electrons. The lowest BCUT2D eigenvalue weighted by molar-refractivity contribution is -0.0398. The number of halogens is 2. The molecule has 10 heteroatoms. The first-order valence-corrected chi connectivity index (χ1v) is 12.1. The molecular weight excluding hydrogens is 477 g/mol. The van der Waals surface area contributed by atoms with E-state index in [2.05, 4.69) is 15.0 Å². The summed E-state index contributed by atoms with van der Waals surface area (Å²) in [6, 6.07) is 5.32. The number of imidazole rings is 1. The zero-order valence-electron chi connectivity index (χ0n) is 19.6. The maximum absolute atomic E-state index is 14.4. The van der Waals surface area contributed by atoms with Crippen LogP contribution in [0.1, 0.15) is 44.4 Å². The molecule has 0 saturated carbocycles. The van der Waals surface area contributed by atoms with Crippen LogP contribution in [0.3, 0.4) is 0 Å². The molecule has 0 amide bonds. The second kappa shape index (κ2) is 9.13. The second-order valence-corrected chi connectivity index (χ2v) is 10.4. The number of nitrogen functional groups attached to an aromatic ring is 1. The van der Waals surface area contributed by atoms with Gasteiger partial charge < -0.3 is 20.1 Å². The standard InChI is InChI=1S/C15H15ClFN5.C9H12O2S/c1-7(2)22-8(3)20-14-11(17)4-9(5-12(14)22)13-10(16)6-19-15(18)21-13;1-9(2)8(10)5-7-6(11-9)3-4-12-7/h4-7H,1-3H3,(H2,18,19,21);3-4,8,10H,5H2,1-2H3. The van der Waals surface area contributed by atoms with Gasteiger partial charge >= 0.3 is 0 Å². The minimum Gasteiger partial charge on any atom is -0.484 e. The number of aliphatic hydroxyl groups excluding tert-OH is 1. The van der Waals surface area contributed by atoms with Crippen molar-refractivity contribution in [3.8, 4) is 17.0 Å². The molecule has 0 fully saturated rings. The van der Waals surface area contributed by atoms with Crippen molar-refractivity contribution in [2.24, 2.45) is 0 Å². The Morgan fingerprint density at radius 1 is 1.32 bits per heavy atom. The summed E-state index contributed by atoms with van der Waals surface area (Å²) in [7, 11) is 0. The molecule has 1 aliphatic heterocycles. The molecule has 1 unspecified atom stereocenters. The number of aryl methyl sites for hydroxylation is 1. The summed E-state index contributed by atoms with van der Waals surface area (Å²) in [5.74, 6) is 1.38. The lowest BCUT2D eigenvalue weighted by Crippen LogP contribution is -2.45. The van der Waals surface area contributed by atoms with Crippen LogP contribution in [0.15, 0.2) is 29.8 Å². The largest absolute Gasteiger partial charge is 0.484 e. The van der Waals surface area contributed by atoms with Gasteiger partial charge in [-0.2, -0.15) is 0 Å². The Morgan fingerprint density at radius 3 is 2.76 bits per heavy atom. The first-order chi connectivity index (χ1) is 16.0. The maximum atomic E-state index is 14.4. The minimum atomic E-state index is -0.436. The van der Waals surface area contributed by atoms with E-state index in [0.29, 0.717) is 27.3 Å². The minimum absolute atomic E-state index is 0.0912. The fourth-order valence-electron chi connectivity index (χ4n) is 3.98. The van der Waals surface area contributed by atoms with E-state index in [-0.39, 0.29) is 18.1 Å². The van der Waals surface area contributed by atoms with Crippen LogP contribution in [0.25, 0.3) is 22.3 Å². The first-order valence-electron chi connectivity index (χ1n) is 10.9. The zero-order chi connectivity index (χ0) is 24.8. The van der Waals surface area contributed by atoms with Gasteiger partial charge in [0, 0.05) is 22.9 Å². The molecule has 0 spiro atoms. The van der Waals surface area contributed by atoms with Crippen molar-refractivity contribution in [1.29, 1.82) is 0 Å². The molecule has 0 aliphatic carbocycles. The Morgan fingerprint density at radius 2 is 2.06 bits per heavy atom. The average molecular weight is 504 g/mol. The highest BCUT2D eigenvalue weighted by molar-refractivity contribution is 7.10. The van der Waals surface area contributed by atoms with Crippen molar-refractivity contribution in [2.75, 3.05) is 5.73 Å². The van der Waals surface area contributed by atoms with Gasteiger partial charge in [0.1, 0.15) is 22.7 Å². The number of thiophene rings is 1. The third kappa shape index (κ3) is 4.60. The van der Waals surface area contributed by atoms with Crippen LogP contribution in [-0.4, -0.2) is 36.3 Å². The van der Waals surface area contributed by atoms with E-state index < -0.39 is 11.4 Å². The molecular formula is C24H27ClFN5O2S. The van der Waals surface area contributed by atoms with E-state index in [1.807, 2.05) is 56.7 Å². The van der Waals surface area contributed by atoms with Gasteiger partial charge in [0.05, 0.1) is 28.5 Å². The predicted octanol–water partition coefficient (Wildman–Crippen LogP) is 5.58. The Bertz CT molecular complexity index is 1350. The van der Waals surface area contributed by atoms with Gasteiger partial charge in [-0.1, -0.05) is 11.6 Å². The lowest BCUT2D eigenvalue weighted by atomic mass is 9.95. The van der Waals surface area contributed by atoms with E-state index in [9.17, 15) is 9.50 Å². The molecule has 4 aromatic rings. The van der Waals surface area contributed by atoms with Crippen LogP contribution >= 0.6 is 22.9 Å². The molecule has 3 N–H and O–H groups in total. The normalized spacial score (nSPS) is 16.7. The summed E-state index contributed by atoms with van der Waals surface area (Å²) in [4.78, 5) is 13.4. The van der Waals surface area contributed by atoms with Gasteiger partial charge in [-0.15, -0.1) is 11.3 Å². The smallest absolute Gasteiger partial charge is 0.220 e. The van der Waals surface area contributed by atoms with Crippen molar-refractivity contribution in [2.45, 2.75) is 58.8 Å².